The second kappa shape index (κ2) is 6.02. The molecule has 2 unspecified atom stereocenters. The number of pyridine rings is 1. The molecule has 2 atom stereocenters. The van der Waals surface area contributed by atoms with Crippen LogP contribution < -0.4 is 10.2 Å². The number of fused-ring (bicyclic) bond motifs is 2. The van der Waals surface area contributed by atoms with Crippen LogP contribution in [0.3, 0.4) is 0 Å². The van der Waals surface area contributed by atoms with Crippen LogP contribution in [0.4, 0.5) is 5.82 Å². The first-order chi connectivity index (χ1) is 10.2. The zero-order valence-corrected chi connectivity index (χ0v) is 12.7. The summed E-state index contributed by atoms with van der Waals surface area (Å²) in [6, 6.07) is 5.26. The first kappa shape index (κ1) is 14.3. The van der Waals surface area contributed by atoms with Gasteiger partial charge in [-0.15, -0.1) is 0 Å². The van der Waals surface area contributed by atoms with Gasteiger partial charge in [0, 0.05) is 31.4 Å². The van der Waals surface area contributed by atoms with Crippen molar-refractivity contribution in [2.24, 2.45) is 0 Å². The van der Waals surface area contributed by atoms with Gasteiger partial charge in [-0.3, -0.25) is 0 Å². The molecule has 2 fully saturated rings. The SMILES string of the molecule is CCOC(=O)c1cccnc1N(C)C1CC2CCC(C1)N2. The minimum absolute atomic E-state index is 0.288. The van der Waals surface area contributed by atoms with Crippen LogP contribution in [0.15, 0.2) is 18.3 Å². The number of esters is 1. The number of carbonyl (C=O) groups excluding carboxylic acids is 1. The molecule has 1 aromatic heterocycles. The molecule has 5 heteroatoms. The second-order valence-electron chi connectivity index (χ2n) is 5.97. The molecular weight excluding hydrogens is 266 g/mol. The standard InChI is InChI=1S/C16H23N3O2/c1-3-21-16(20)14-5-4-8-17-15(14)19(2)13-9-11-6-7-12(10-13)18-11/h4-5,8,11-13,18H,3,6-7,9-10H2,1-2H3. The Balaban J connectivity index is 1.81. The maximum absolute atomic E-state index is 12.1. The second-order valence-corrected chi connectivity index (χ2v) is 5.97. The van der Waals surface area contributed by atoms with Crippen molar-refractivity contribution in [2.75, 3.05) is 18.6 Å². The summed E-state index contributed by atoms with van der Waals surface area (Å²) in [4.78, 5) is 18.7. The van der Waals surface area contributed by atoms with Gasteiger partial charge in [0.15, 0.2) is 0 Å². The highest BCUT2D eigenvalue weighted by Gasteiger charge is 2.36. The monoisotopic (exact) mass is 289 g/mol. The van der Waals surface area contributed by atoms with E-state index in [1.165, 1.54) is 12.8 Å². The summed E-state index contributed by atoms with van der Waals surface area (Å²) in [5, 5.41) is 3.65. The van der Waals surface area contributed by atoms with E-state index in [1.54, 1.807) is 18.3 Å². The predicted molar refractivity (Wildman–Crippen MR) is 81.6 cm³/mol. The molecule has 0 saturated carbocycles. The molecule has 0 radical (unpaired) electrons. The topological polar surface area (TPSA) is 54.5 Å². The van der Waals surface area contributed by atoms with E-state index in [9.17, 15) is 4.79 Å². The van der Waals surface area contributed by atoms with Gasteiger partial charge >= 0.3 is 5.97 Å². The molecule has 1 N–H and O–H groups in total. The number of ether oxygens (including phenoxy) is 1. The van der Waals surface area contributed by atoms with Crippen LogP contribution in [0.1, 0.15) is 43.0 Å². The average Bonchev–Trinajstić information content (AvgIpc) is 2.85. The van der Waals surface area contributed by atoms with Crippen LogP contribution in [-0.2, 0) is 4.74 Å². The van der Waals surface area contributed by atoms with Crippen molar-refractivity contribution in [2.45, 2.75) is 50.7 Å². The number of hydrogen-bond donors (Lipinski definition) is 1. The highest BCUT2D eigenvalue weighted by molar-refractivity contribution is 5.94. The zero-order chi connectivity index (χ0) is 14.8. The van der Waals surface area contributed by atoms with Crippen LogP contribution in [0.25, 0.3) is 0 Å². The summed E-state index contributed by atoms with van der Waals surface area (Å²) in [5.41, 5.74) is 0.563. The van der Waals surface area contributed by atoms with Gasteiger partial charge in [0.25, 0.3) is 0 Å². The molecule has 0 aromatic carbocycles. The third-order valence-electron chi connectivity index (χ3n) is 4.61. The highest BCUT2D eigenvalue weighted by Crippen LogP contribution is 2.31. The lowest BCUT2D eigenvalue weighted by Crippen LogP contribution is -2.47. The average molecular weight is 289 g/mol. The summed E-state index contributed by atoms with van der Waals surface area (Å²) in [5.74, 6) is 0.451. The van der Waals surface area contributed by atoms with E-state index in [-0.39, 0.29) is 5.97 Å². The lowest BCUT2D eigenvalue weighted by Gasteiger charge is -2.36. The van der Waals surface area contributed by atoms with Crippen molar-refractivity contribution in [3.63, 3.8) is 0 Å². The van der Waals surface area contributed by atoms with Gasteiger partial charge < -0.3 is 15.0 Å². The minimum Gasteiger partial charge on any atom is -0.462 e. The highest BCUT2D eigenvalue weighted by atomic mass is 16.5. The Kier molecular flexibility index (Phi) is 4.10. The van der Waals surface area contributed by atoms with Crippen LogP contribution in [0.2, 0.25) is 0 Å². The molecule has 0 amide bonds. The Bertz CT molecular complexity index is 508. The number of aromatic nitrogens is 1. The zero-order valence-electron chi connectivity index (χ0n) is 12.7. The fourth-order valence-corrected chi connectivity index (χ4v) is 3.56. The van der Waals surface area contributed by atoms with Crippen molar-refractivity contribution in [1.82, 2.24) is 10.3 Å². The number of hydrogen-bond acceptors (Lipinski definition) is 5. The van der Waals surface area contributed by atoms with E-state index in [1.807, 2.05) is 14.0 Å². The molecule has 2 aliphatic heterocycles. The summed E-state index contributed by atoms with van der Waals surface area (Å²) in [7, 11) is 2.04. The lowest BCUT2D eigenvalue weighted by atomic mass is 9.98. The Hall–Kier alpha value is -1.62. The predicted octanol–water partition coefficient (Wildman–Crippen LogP) is 1.98. The Morgan fingerprint density at radius 2 is 2.14 bits per heavy atom. The van der Waals surface area contributed by atoms with Crippen molar-refractivity contribution in [3.8, 4) is 0 Å². The number of nitrogens with zero attached hydrogens (tertiary/aromatic N) is 2. The summed E-state index contributed by atoms with van der Waals surface area (Å²) >= 11 is 0. The van der Waals surface area contributed by atoms with Crippen LogP contribution in [0, 0.1) is 0 Å². The van der Waals surface area contributed by atoms with Crippen molar-refractivity contribution in [1.29, 1.82) is 0 Å². The van der Waals surface area contributed by atoms with Gasteiger partial charge in [-0.1, -0.05) is 0 Å². The van der Waals surface area contributed by atoms with Crippen LogP contribution in [-0.4, -0.2) is 42.7 Å². The summed E-state index contributed by atoms with van der Waals surface area (Å²) in [6.45, 7) is 2.20. The molecular formula is C16H23N3O2. The molecule has 0 aliphatic carbocycles. The number of piperidine rings is 1. The molecule has 5 nitrogen and oxygen atoms in total. The molecule has 3 heterocycles. The maximum Gasteiger partial charge on any atom is 0.341 e. The van der Waals surface area contributed by atoms with Gasteiger partial charge in [-0.05, 0) is 44.7 Å². The normalized spacial score (nSPS) is 27.4. The molecule has 1 aromatic rings. The fraction of sp³-hybridized carbons (Fsp3) is 0.625. The number of carbonyl (C=O) groups is 1. The van der Waals surface area contributed by atoms with E-state index >= 15 is 0 Å². The molecule has 114 valence electrons. The number of rotatable bonds is 4. The molecule has 2 bridgehead atoms. The van der Waals surface area contributed by atoms with E-state index in [4.69, 9.17) is 4.74 Å². The molecule has 2 aliphatic rings. The van der Waals surface area contributed by atoms with Gasteiger partial charge in [-0.25, -0.2) is 9.78 Å². The minimum atomic E-state index is -0.288. The van der Waals surface area contributed by atoms with Gasteiger partial charge in [0.2, 0.25) is 0 Å². The first-order valence-corrected chi connectivity index (χ1v) is 7.80. The van der Waals surface area contributed by atoms with Crippen LogP contribution >= 0.6 is 0 Å². The van der Waals surface area contributed by atoms with Gasteiger partial charge in [0.05, 0.1) is 6.61 Å². The van der Waals surface area contributed by atoms with E-state index < -0.39 is 0 Å². The van der Waals surface area contributed by atoms with E-state index in [0.29, 0.717) is 30.3 Å². The molecule has 2 saturated heterocycles. The maximum atomic E-state index is 12.1. The van der Waals surface area contributed by atoms with Crippen molar-refractivity contribution in [3.05, 3.63) is 23.9 Å². The largest absolute Gasteiger partial charge is 0.462 e. The Labute approximate surface area is 125 Å². The van der Waals surface area contributed by atoms with Gasteiger partial charge in [-0.2, -0.15) is 0 Å². The molecule has 3 rings (SSSR count). The summed E-state index contributed by atoms with van der Waals surface area (Å²) in [6.07, 6.45) is 6.51. The van der Waals surface area contributed by atoms with E-state index in [2.05, 4.69) is 15.2 Å². The quantitative estimate of drug-likeness (QED) is 0.859. The third kappa shape index (κ3) is 2.88. The number of nitrogens with one attached hydrogen (secondary N) is 1. The molecule has 0 spiro atoms. The third-order valence-corrected chi connectivity index (χ3v) is 4.61. The van der Waals surface area contributed by atoms with Crippen molar-refractivity contribution >= 4 is 11.8 Å². The molecule has 21 heavy (non-hydrogen) atoms. The Morgan fingerprint density at radius 1 is 1.43 bits per heavy atom. The fourth-order valence-electron chi connectivity index (χ4n) is 3.56. The van der Waals surface area contributed by atoms with Gasteiger partial charge in [0.1, 0.15) is 11.4 Å². The van der Waals surface area contributed by atoms with E-state index in [0.717, 1.165) is 18.7 Å². The summed E-state index contributed by atoms with van der Waals surface area (Å²) < 4.78 is 5.14. The Morgan fingerprint density at radius 3 is 2.81 bits per heavy atom. The lowest BCUT2D eigenvalue weighted by molar-refractivity contribution is 0.0526. The van der Waals surface area contributed by atoms with Crippen molar-refractivity contribution < 1.29 is 9.53 Å². The van der Waals surface area contributed by atoms with Crippen LogP contribution in [0.5, 0.6) is 0 Å². The smallest absolute Gasteiger partial charge is 0.341 e. The number of anilines is 1. The first-order valence-electron chi connectivity index (χ1n) is 7.80.